The van der Waals surface area contributed by atoms with E-state index < -0.39 is 11.7 Å². The molecule has 21 heavy (non-hydrogen) atoms. The number of nitrogens with zero attached hydrogens (tertiary/aromatic N) is 5. The van der Waals surface area contributed by atoms with Crippen molar-refractivity contribution in [3.05, 3.63) is 22.7 Å². The van der Waals surface area contributed by atoms with Gasteiger partial charge in [-0.1, -0.05) is 5.21 Å². The first-order valence-electron chi connectivity index (χ1n) is 6.35. The van der Waals surface area contributed by atoms with Crippen molar-refractivity contribution in [2.24, 2.45) is 13.0 Å². The Labute approximate surface area is 123 Å². The number of aromatic nitrogens is 5. The monoisotopic (exact) mass is 317 g/mol. The fourth-order valence-electron chi connectivity index (χ4n) is 2.13. The van der Waals surface area contributed by atoms with Crippen LogP contribution in [0.2, 0.25) is 5.28 Å². The number of halogens is 4. The highest BCUT2D eigenvalue weighted by Gasteiger charge is 2.37. The molecule has 112 valence electrons. The molecule has 9 heteroatoms. The minimum Gasteiger partial charge on any atom is -0.252 e. The van der Waals surface area contributed by atoms with Crippen LogP contribution in [0.1, 0.15) is 24.1 Å². The van der Waals surface area contributed by atoms with Crippen LogP contribution in [-0.2, 0) is 19.6 Å². The lowest BCUT2D eigenvalue weighted by Crippen LogP contribution is -2.11. The predicted octanol–water partition coefficient (Wildman–Crippen LogP) is 2.90. The van der Waals surface area contributed by atoms with E-state index in [4.69, 9.17) is 11.6 Å². The van der Waals surface area contributed by atoms with Crippen molar-refractivity contribution >= 4 is 11.6 Å². The average molecular weight is 318 g/mol. The molecule has 0 aliphatic heterocycles. The summed E-state index contributed by atoms with van der Waals surface area (Å²) in [6, 6.07) is 0. The van der Waals surface area contributed by atoms with Gasteiger partial charge in [0.05, 0.1) is 5.69 Å². The van der Waals surface area contributed by atoms with Crippen molar-refractivity contribution in [3.63, 3.8) is 0 Å². The minimum absolute atomic E-state index is 0.126. The van der Waals surface area contributed by atoms with Gasteiger partial charge in [-0.2, -0.15) is 13.2 Å². The molecule has 1 aliphatic rings. The van der Waals surface area contributed by atoms with E-state index in [1.54, 1.807) is 7.05 Å². The van der Waals surface area contributed by atoms with Gasteiger partial charge in [-0.05, 0) is 36.8 Å². The Morgan fingerprint density at radius 2 is 2.05 bits per heavy atom. The third-order valence-corrected chi connectivity index (χ3v) is 3.59. The lowest BCUT2D eigenvalue weighted by atomic mass is 10.1. The zero-order valence-electron chi connectivity index (χ0n) is 11.0. The maximum absolute atomic E-state index is 13.1. The molecule has 2 aromatic rings. The molecule has 2 aromatic heterocycles. The van der Waals surface area contributed by atoms with E-state index in [9.17, 15) is 13.2 Å². The van der Waals surface area contributed by atoms with Gasteiger partial charge in [0.1, 0.15) is 17.0 Å². The van der Waals surface area contributed by atoms with Gasteiger partial charge < -0.3 is 0 Å². The Morgan fingerprint density at radius 3 is 2.67 bits per heavy atom. The first-order valence-corrected chi connectivity index (χ1v) is 6.72. The van der Waals surface area contributed by atoms with Gasteiger partial charge >= 0.3 is 6.18 Å². The van der Waals surface area contributed by atoms with Crippen molar-refractivity contribution in [2.45, 2.75) is 25.4 Å². The van der Waals surface area contributed by atoms with Gasteiger partial charge in [-0.15, -0.1) is 5.10 Å². The standard InChI is InChI=1S/C12H11ClF3N5/c1-21-8(4-6-2-3-6)10(19-20-21)9-7(12(14,15)16)5-17-11(13)18-9/h5-6H,2-4H2,1H3. The van der Waals surface area contributed by atoms with E-state index in [1.165, 1.54) is 4.68 Å². The van der Waals surface area contributed by atoms with Crippen LogP contribution in [0.15, 0.2) is 6.20 Å². The molecule has 0 unspecified atom stereocenters. The van der Waals surface area contributed by atoms with Gasteiger partial charge in [0.15, 0.2) is 0 Å². The summed E-state index contributed by atoms with van der Waals surface area (Å²) in [6.45, 7) is 0. The quantitative estimate of drug-likeness (QED) is 0.817. The molecule has 2 heterocycles. The fraction of sp³-hybridized carbons (Fsp3) is 0.500. The number of aryl methyl sites for hydroxylation is 1. The summed E-state index contributed by atoms with van der Waals surface area (Å²) in [7, 11) is 1.66. The van der Waals surface area contributed by atoms with Crippen LogP contribution in [0.4, 0.5) is 13.2 Å². The molecule has 0 bridgehead atoms. The summed E-state index contributed by atoms with van der Waals surface area (Å²) >= 11 is 5.65. The zero-order chi connectivity index (χ0) is 15.2. The molecular formula is C12H11ClF3N5. The fourth-order valence-corrected chi connectivity index (χ4v) is 2.27. The number of alkyl halides is 3. The van der Waals surface area contributed by atoms with E-state index in [0.29, 0.717) is 24.2 Å². The first kappa shape index (κ1) is 14.2. The van der Waals surface area contributed by atoms with Gasteiger partial charge in [0.2, 0.25) is 5.28 Å². The first-order chi connectivity index (χ1) is 9.86. The second-order valence-electron chi connectivity index (χ2n) is 5.05. The van der Waals surface area contributed by atoms with Crippen molar-refractivity contribution < 1.29 is 13.2 Å². The molecule has 0 spiro atoms. The van der Waals surface area contributed by atoms with Crippen LogP contribution in [-0.4, -0.2) is 25.0 Å². The lowest BCUT2D eigenvalue weighted by Gasteiger charge is -2.11. The highest BCUT2D eigenvalue weighted by Crippen LogP contribution is 2.39. The predicted molar refractivity (Wildman–Crippen MR) is 68.5 cm³/mol. The van der Waals surface area contributed by atoms with Crippen LogP contribution < -0.4 is 0 Å². The Kier molecular flexibility index (Phi) is 3.35. The van der Waals surface area contributed by atoms with E-state index in [2.05, 4.69) is 20.3 Å². The maximum atomic E-state index is 13.1. The minimum atomic E-state index is -4.58. The molecule has 1 aliphatic carbocycles. The van der Waals surface area contributed by atoms with Crippen molar-refractivity contribution in [1.29, 1.82) is 0 Å². The van der Waals surface area contributed by atoms with E-state index in [-0.39, 0.29) is 16.7 Å². The lowest BCUT2D eigenvalue weighted by molar-refractivity contribution is -0.137. The summed E-state index contributed by atoms with van der Waals surface area (Å²) in [6.07, 6.45) is -1.12. The second kappa shape index (κ2) is 4.94. The normalized spacial score (nSPS) is 15.5. The molecule has 5 nitrogen and oxygen atoms in total. The molecule has 0 N–H and O–H groups in total. The molecule has 0 saturated heterocycles. The van der Waals surface area contributed by atoms with E-state index >= 15 is 0 Å². The molecule has 0 radical (unpaired) electrons. The molecule has 1 fully saturated rings. The summed E-state index contributed by atoms with van der Waals surface area (Å²) in [4.78, 5) is 7.15. The highest BCUT2D eigenvalue weighted by molar-refractivity contribution is 6.28. The number of hydrogen-bond donors (Lipinski definition) is 0. The van der Waals surface area contributed by atoms with Crippen molar-refractivity contribution in [2.75, 3.05) is 0 Å². The van der Waals surface area contributed by atoms with Gasteiger partial charge in [-0.3, -0.25) is 4.68 Å². The van der Waals surface area contributed by atoms with Crippen LogP contribution >= 0.6 is 11.6 Å². The van der Waals surface area contributed by atoms with Crippen LogP contribution in [0.3, 0.4) is 0 Å². The highest BCUT2D eigenvalue weighted by atomic mass is 35.5. The maximum Gasteiger partial charge on any atom is 0.420 e. The average Bonchev–Trinajstić information content (AvgIpc) is 3.13. The van der Waals surface area contributed by atoms with Gasteiger partial charge in [0.25, 0.3) is 0 Å². The van der Waals surface area contributed by atoms with Gasteiger partial charge in [0, 0.05) is 13.2 Å². The number of hydrogen-bond acceptors (Lipinski definition) is 4. The smallest absolute Gasteiger partial charge is 0.252 e. The van der Waals surface area contributed by atoms with Gasteiger partial charge in [-0.25, -0.2) is 9.97 Å². The van der Waals surface area contributed by atoms with Crippen LogP contribution in [0.25, 0.3) is 11.4 Å². The van der Waals surface area contributed by atoms with E-state index in [0.717, 1.165) is 12.8 Å². The third kappa shape index (κ3) is 2.85. The molecule has 0 atom stereocenters. The van der Waals surface area contributed by atoms with Crippen molar-refractivity contribution in [1.82, 2.24) is 25.0 Å². The molecule has 1 saturated carbocycles. The topological polar surface area (TPSA) is 56.5 Å². The zero-order valence-corrected chi connectivity index (χ0v) is 11.8. The Bertz CT molecular complexity index is 678. The summed E-state index contributed by atoms with van der Waals surface area (Å²) < 4.78 is 40.8. The Hall–Kier alpha value is -1.70. The van der Waals surface area contributed by atoms with Crippen LogP contribution in [0, 0.1) is 5.92 Å². The SMILES string of the molecule is Cn1nnc(-c2nc(Cl)ncc2C(F)(F)F)c1CC1CC1. The van der Waals surface area contributed by atoms with Crippen LogP contribution in [0.5, 0.6) is 0 Å². The summed E-state index contributed by atoms with van der Waals surface area (Å²) in [5.41, 5.74) is -0.505. The molecule has 3 rings (SSSR count). The summed E-state index contributed by atoms with van der Waals surface area (Å²) in [5.74, 6) is 0.479. The molecule has 0 amide bonds. The molecule has 0 aromatic carbocycles. The Balaban J connectivity index is 2.13. The molecular weight excluding hydrogens is 307 g/mol. The second-order valence-corrected chi connectivity index (χ2v) is 5.39. The number of rotatable bonds is 3. The van der Waals surface area contributed by atoms with Crippen molar-refractivity contribution in [3.8, 4) is 11.4 Å². The summed E-state index contributed by atoms with van der Waals surface area (Å²) in [5, 5.41) is 7.42. The largest absolute Gasteiger partial charge is 0.420 e. The third-order valence-electron chi connectivity index (χ3n) is 3.41. The Morgan fingerprint density at radius 1 is 1.33 bits per heavy atom. The van der Waals surface area contributed by atoms with E-state index in [1.807, 2.05) is 0 Å².